The monoisotopic (exact) mass is 273 g/mol. The lowest BCUT2D eigenvalue weighted by molar-refractivity contribution is 0.0948. The molecule has 0 bridgehead atoms. The predicted octanol–water partition coefficient (Wildman–Crippen LogP) is 1.53. The first-order valence-corrected chi connectivity index (χ1v) is 6.51. The predicted molar refractivity (Wildman–Crippen MR) is 73.8 cm³/mol. The molecule has 19 heavy (non-hydrogen) atoms. The number of nitrogens with one attached hydrogen (secondary N) is 2. The van der Waals surface area contributed by atoms with E-state index in [0.717, 1.165) is 15.8 Å². The number of benzene rings is 1. The molecule has 3 aromatic rings. The number of fused-ring (bicyclic) bond motifs is 1. The second-order valence-electron chi connectivity index (χ2n) is 4.03. The number of carbonyl (C=O) groups is 1. The zero-order valence-electron chi connectivity index (χ0n) is 9.88. The molecular weight excluding hydrogens is 262 g/mol. The second kappa shape index (κ2) is 4.69. The molecule has 0 saturated heterocycles. The van der Waals surface area contributed by atoms with Gasteiger partial charge in [-0.2, -0.15) is 5.10 Å². The van der Waals surface area contributed by atoms with Crippen LogP contribution in [0.5, 0.6) is 0 Å². The third-order valence-corrected chi connectivity index (χ3v) is 3.49. The minimum atomic E-state index is -0.231. The minimum Gasteiger partial charge on any atom is -0.399 e. The molecule has 2 heterocycles. The van der Waals surface area contributed by atoms with Crippen molar-refractivity contribution in [2.45, 2.75) is 6.54 Å². The van der Waals surface area contributed by atoms with Crippen molar-refractivity contribution in [2.75, 3.05) is 5.73 Å². The Hall–Kier alpha value is -2.41. The molecule has 1 amide bonds. The molecule has 0 saturated carbocycles. The van der Waals surface area contributed by atoms with Gasteiger partial charge in [0.1, 0.15) is 0 Å². The molecule has 0 aliphatic carbocycles. The molecule has 0 spiro atoms. The van der Waals surface area contributed by atoms with E-state index in [0.29, 0.717) is 17.9 Å². The number of nitrogens with zero attached hydrogens (tertiary/aromatic N) is 2. The number of aromatic amines is 1. The van der Waals surface area contributed by atoms with Crippen LogP contribution in [0.4, 0.5) is 5.69 Å². The second-order valence-corrected chi connectivity index (χ2v) is 5.00. The number of hydrogen-bond acceptors (Lipinski definition) is 5. The van der Waals surface area contributed by atoms with Gasteiger partial charge in [-0.05, 0) is 18.2 Å². The van der Waals surface area contributed by atoms with Gasteiger partial charge < -0.3 is 11.1 Å². The van der Waals surface area contributed by atoms with Crippen molar-refractivity contribution in [3.05, 3.63) is 40.5 Å². The largest absolute Gasteiger partial charge is 0.399 e. The van der Waals surface area contributed by atoms with Crippen LogP contribution in [0.1, 0.15) is 15.4 Å². The number of thiazole rings is 1. The van der Waals surface area contributed by atoms with E-state index in [1.54, 1.807) is 29.9 Å². The van der Waals surface area contributed by atoms with Crippen molar-refractivity contribution < 1.29 is 4.79 Å². The summed E-state index contributed by atoms with van der Waals surface area (Å²) in [7, 11) is 0. The van der Waals surface area contributed by atoms with E-state index in [9.17, 15) is 4.79 Å². The molecular formula is C12H11N5OS. The maximum Gasteiger partial charge on any atom is 0.272 e. The zero-order valence-corrected chi connectivity index (χ0v) is 10.7. The number of nitrogens with two attached hydrogens (primary N) is 1. The summed E-state index contributed by atoms with van der Waals surface area (Å²) in [6, 6.07) is 5.30. The molecule has 96 valence electrons. The van der Waals surface area contributed by atoms with Crippen LogP contribution in [0.3, 0.4) is 0 Å². The summed E-state index contributed by atoms with van der Waals surface area (Å²) in [4.78, 5) is 17.0. The van der Waals surface area contributed by atoms with Crippen LogP contribution in [0, 0.1) is 0 Å². The van der Waals surface area contributed by atoms with Gasteiger partial charge in [0, 0.05) is 22.1 Å². The van der Waals surface area contributed by atoms with Crippen LogP contribution < -0.4 is 11.1 Å². The van der Waals surface area contributed by atoms with Gasteiger partial charge in [0.05, 0.1) is 17.6 Å². The van der Waals surface area contributed by atoms with Crippen molar-refractivity contribution in [1.29, 1.82) is 0 Å². The zero-order chi connectivity index (χ0) is 13.2. The van der Waals surface area contributed by atoms with Gasteiger partial charge in [0.25, 0.3) is 5.91 Å². The molecule has 6 nitrogen and oxygen atoms in total. The maximum atomic E-state index is 12.1. The molecule has 0 fully saturated rings. The van der Waals surface area contributed by atoms with Gasteiger partial charge in [-0.3, -0.25) is 14.9 Å². The first kappa shape index (κ1) is 11.7. The quantitative estimate of drug-likeness (QED) is 0.630. The molecule has 0 aliphatic rings. The van der Waals surface area contributed by atoms with E-state index in [4.69, 9.17) is 5.73 Å². The highest BCUT2D eigenvalue weighted by molar-refractivity contribution is 7.09. The summed E-state index contributed by atoms with van der Waals surface area (Å²) < 4.78 is 0. The Kier molecular flexibility index (Phi) is 2.88. The van der Waals surface area contributed by atoms with E-state index >= 15 is 0 Å². The highest BCUT2D eigenvalue weighted by atomic mass is 32.1. The number of nitrogen functional groups attached to an aromatic ring is 1. The summed E-state index contributed by atoms with van der Waals surface area (Å²) >= 11 is 1.49. The Morgan fingerprint density at radius 2 is 2.37 bits per heavy atom. The number of aromatic nitrogens is 3. The topological polar surface area (TPSA) is 96.7 Å². The molecule has 7 heteroatoms. The van der Waals surface area contributed by atoms with Crippen molar-refractivity contribution in [2.24, 2.45) is 0 Å². The van der Waals surface area contributed by atoms with Crippen molar-refractivity contribution in [1.82, 2.24) is 20.5 Å². The Bertz CT molecular complexity index is 719. The number of carbonyl (C=O) groups excluding carboxylic acids is 1. The average molecular weight is 273 g/mol. The standard InChI is InChI=1S/C12H11N5OS/c13-7-1-2-10-9(3-7)11(17-16-10)12(18)15-5-8-4-14-6-19-8/h1-4,6H,5,13H2,(H,15,18)(H,16,17). The molecule has 0 unspecified atom stereocenters. The molecule has 1 aromatic carbocycles. The third-order valence-electron chi connectivity index (χ3n) is 2.71. The number of H-pyrrole nitrogens is 1. The van der Waals surface area contributed by atoms with E-state index in [1.807, 2.05) is 0 Å². The fourth-order valence-corrected chi connectivity index (χ4v) is 2.32. The van der Waals surface area contributed by atoms with Gasteiger partial charge in [0.15, 0.2) is 5.69 Å². The smallest absolute Gasteiger partial charge is 0.272 e. The Morgan fingerprint density at radius 3 is 3.16 bits per heavy atom. The highest BCUT2D eigenvalue weighted by Crippen LogP contribution is 2.19. The van der Waals surface area contributed by atoms with E-state index < -0.39 is 0 Å². The van der Waals surface area contributed by atoms with Crippen LogP contribution in [-0.4, -0.2) is 21.1 Å². The summed E-state index contributed by atoms with van der Waals surface area (Å²) in [5, 5.41) is 10.4. The Labute approximate surface area is 112 Å². The Morgan fingerprint density at radius 1 is 1.47 bits per heavy atom. The molecule has 0 atom stereocenters. The lowest BCUT2D eigenvalue weighted by atomic mass is 10.2. The maximum absolute atomic E-state index is 12.1. The normalized spacial score (nSPS) is 10.7. The lowest BCUT2D eigenvalue weighted by Crippen LogP contribution is -2.22. The fraction of sp³-hybridized carbons (Fsp3) is 0.0833. The number of anilines is 1. The summed E-state index contributed by atoms with van der Waals surface area (Å²) in [5.74, 6) is -0.231. The van der Waals surface area contributed by atoms with Crippen molar-refractivity contribution >= 4 is 33.8 Å². The lowest BCUT2D eigenvalue weighted by Gasteiger charge is -2.01. The van der Waals surface area contributed by atoms with Crippen molar-refractivity contribution in [3.63, 3.8) is 0 Å². The van der Waals surface area contributed by atoms with Crippen LogP contribution in [0.2, 0.25) is 0 Å². The van der Waals surface area contributed by atoms with Gasteiger partial charge in [-0.1, -0.05) is 0 Å². The van der Waals surface area contributed by atoms with E-state index in [1.165, 1.54) is 11.3 Å². The first-order chi connectivity index (χ1) is 9.24. The van der Waals surface area contributed by atoms with Crippen LogP contribution in [0.15, 0.2) is 29.9 Å². The van der Waals surface area contributed by atoms with Gasteiger partial charge in [-0.25, -0.2) is 0 Å². The molecule has 4 N–H and O–H groups in total. The van der Waals surface area contributed by atoms with Gasteiger partial charge >= 0.3 is 0 Å². The Balaban J connectivity index is 1.83. The SMILES string of the molecule is Nc1ccc2[nH]nc(C(=O)NCc3cncs3)c2c1. The number of amides is 1. The van der Waals surface area contributed by atoms with E-state index in [-0.39, 0.29) is 5.91 Å². The molecule has 0 radical (unpaired) electrons. The van der Waals surface area contributed by atoms with Crippen LogP contribution >= 0.6 is 11.3 Å². The molecule has 2 aromatic heterocycles. The van der Waals surface area contributed by atoms with Crippen LogP contribution in [-0.2, 0) is 6.54 Å². The number of rotatable bonds is 3. The molecule has 3 rings (SSSR count). The summed E-state index contributed by atoms with van der Waals surface area (Å²) in [5.41, 5.74) is 9.20. The molecule has 0 aliphatic heterocycles. The van der Waals surface area contributed by atoms with Gasteiger partial charge in [0.2, 0.25) is 0 Å². The third kappa shape index (κ3) is 2.27. The number of hydrogen-bond donors (Lipinski definition) is 3. The van der Waals surface area contributed by atoms with Crippen LogP contribution in [0.25, 0.3) is 10.9 Å². The first-order valence-electron chi connectivity index (χ1n) is 5.63. The fourth-order valence-electron chi connectivity index (χ4n) is 1.79. The van der Waals surface area contributed by atoms with Gasteiger partial charge in [-0.15, -0.1) is 11.3 Å². The van der Waals surface area contributed by atoms with Crippen molar-refractivity contribution in [3.8, 4) is 0 Å². The average Bonchev–Trinajstić information content (AvgIpc) is 3.04. The minimum absolute atomic E-state index is 0.231. The summed E-state index contributed by atoms with van der Waals surface area (Å²) in [6.45, 7) is 0.445. The van der Waals surface area contributed by atoms with E-state index in [2.05, 4.69) is 20.5 Å². The summed E-state index contributed by atoms with van der Waals surface area (Å²) in [6.07, 6.45) is 1.73. The highest BCUT2D eigenvalue weighted by Gasteiger charge is 2.14.